The van der Waals surface area contributed by atoms with Gasteiger partial charge >= 0.3 is 0 Å². The molecule has 0 heterocycles. The lowest BCUT2D eigenvalue weighted by molar-refractivity contribution is -0.384. The first-order valence-corrected chi connectivity index (χ1v) is 8.06. The maximum atomic E-state index is 12.6. The van der Waals surface area contributed by atoms with Crippen molar-refractivity contribution in [2.75, 3.05) is 0 Å². The van der Waals surface area contributed by atoms with Crippen LogP contribution in [0, 0.1) is 21.4 Å². The lowest BCUT2D eigenvalue weighted by atomic mass is 10.0. The number of non-ortho nitro benzene ring substituents is 1. The van der Waals surface area contributed by atoms with E-state index in [4.69, 9.17) is 16.3 Å². The quantitative estimate of drug-likeness (QED) is 0.239. The zero-order valence-corrected chi connectivity index (χ0v) is 14.9. The van der Waals surface area contributed by atoms with Gasteiger partial charge in [0, 0.05) is 28.3 Å². The van der Waals surface area contributed by atoms with E-state index in [0.29, 0.717) is 16.3 Å². The number of Topliss-reactive ketones (excluding diaryl/α,β-unsaturated/α-hetero) is 1. The summed E-state index contributed by atoms with van der Waals surface area (Å²) < 4.78 is 5.67. The van der Waals surface area contributed by atoms with Crippen LogP contribution in [0.15, 0.2) is 48.0 Å². The molecular formula is C19H15ClN2O4. The molecule has 2 aromatic carbocycles. The van der Waals surface area contributed by atoms with Crippen LogP contribution in [0.25, 0.3) is 6.08 Å². The van der Waals surface area contributed by atoms with Gasteiger partial charge in [0.05, 0.1) is 11.0 Å². The molecule has 0 aliphatic heterocycles. The molecule has 0 fully saturated rings. The van der Waals surface area contributed by atoms with E-state index in [1.54, 1.807) is 18.2 Å². The summed E-state index contributed by atoms with van der Waals surface area (Å²) in [5, 5.41) is 20.7. The number of benzene rings is 2. The maximum Gasteiger partial charge on any atom is 0.270 e. The zero-order valence-electron chi connectivity index (χ0n) is 14.1. The van der Waals surface area contributed by atoms with Crippen molar-refractivity contribution < 1.29 is 14.5 Å². The van der Waals surface area contributed by atoms with Crippen LogP contribution in [-0.4, -0.2) is 16.8 Å². The van der Waals surface area contributed by atoms with E-state index < -0.39 is 10.7 Å². The van der Waals surface area contributed by atoms with Crippen molar-refractivity contribution in [3.8, 4) is 11.8 Å². The molecule has 2 aromatic rings. The average Bonchev–Trinajstić information content (AvgIpc) is 2.61. The molecule has 0 spiro atoms. The van der Waals surface area contributed by atoms with Crippen LogP contribution in [-0.2, 0) is 0 Å². The highest BCUT2D eigenvalue weighted by atomic mass is 35.5. The number of allylic oxidation sites excluding steroid dienone is 1. The van der Waals surface area contributed by atoms with E-state index in [1.165, 1.54) is 24.3 Å². The molecule has 0 unspecified atom stereocenters. The van der Waals surface area contributed by atoms with E-state index >= 15 is 0 Å². The zero-order chi connectivity index (χ0) is 19.3. The van der Waals surface area contributed by atoms with Crippen LogP contribution in [0.4, 0.5) is 5.69 Å². The second-order valence-electron chi connectivity index (χ2n) is 5.66. The third-order valence-corrected chi connectivity index (χ3v) is 3.55. The first kappa shape index (κ1) is 19.2. The van der Waals surface area contributed by atoms with Gasteiger partial charge in [0.25, 0.3) is 5.69 Å². The van der Waals surface area contributed by atoms with Gasteiger partial charge < -0.3 is 4.74 Å². The molecule has 0 saturated carbocycles. The topological polar surface area (TPSA) is 93.2 Å². The molecule has 2 rings (SSSR count). The number of nitro benzene ring substituents is 1. The Morgan fingerprint density at radius 3 is 2.65 bits per heavy atom. The number of hydrogen-bond acceptors (Lipinski definition) is 5. The second-order valence-corrected chi connectivity index (χ2v) is 6.09. The molecule has 26 heavy (non-hydrogen) atoms. The highest BCUT2D eigenvalue weighted by Crippen LogP contribution is 2.27. The number of halogens is 1. The standard InChI is InChI=1S/C19H15ClN2O4/c1-12(2)26-18-7-6-16(20)9-14(18)8-15(11-21)19(23)13-4-3-5-17(10-13)22(24)25/h3-10,12H,1-2H3/b15-8-. The van der Waals surface area contributed by atoms with Crippen LogP contribution < -0.4 is 4.74 Å². The normalized spacial score (nSPS) is 11.1. The van der Waals surface area contributed by atoms with Gasteiger partial charge in [0.1, 0.15) is 17.4 Å². The number of hydrogen-bond donors (Lipinski definition) is 0. The fourth-order valence-electron chi connectivity index (χ4n) is 2.21. The molecule has 0 radical (unpaired) electrons. The second kappa shape index (κ2) is 8.28. The number of carbonyl (C=O) groups is 1. The summed E-state index contributed by atoms with van der Waals surface area (Å²) >= 11 is 6.00. The minimum absolute atomic E-state index is 0.0559. The van der Waals surface area contributed by atoms with Gasteiger partial charge in [-0.25, -0.2) is 0 Å². The van der Waals surface area contributed by atoms with E-state index in [2.05, 4.69) is 0 Å². The Labute approximate surface area is 155 Å². The highest BCUT2D eigenvalue weighted by Gasteiger charge is 2.17. The van der Waals surface area contributed by atoms with E-state index in [1.807, 2.05) is 19.9 Å². The third-order valence-electron chi connectivity index (χ3n) is 3.32. The summed E-state index contributed by atoms with van der Waals surface area (Å²) in [6.07, 6.45) is 1.26. The Bertz CT molecular complexity index is 929. The highest BCUT2D eigenvalue weighted by molar-refractivity contribution is 6.30. The lowest BCUT2D eigenvalue weighted by Gasteiger charge is -2.13. The van der Waals surface area contributed by atoms with Crippen molar-refractivity contribution in [3.05, 3.63) is 74.3 Å². The number of ether oxygens (including phenoxy) is 1. The van der Waals surface area contributed by atoms with E-state index in [9.17, 15) is 20.2 Å². The van der Waals surface area contributed by atoms with Crippen LogP contribution >= 0.6 is 11.6 Å². The molecule has 0 saturated heterocycles. The van der Waals surface area contributed by atoms with Crippen LogP contribution in [0.5, 0.6) is 5.75 Å². The van der Waals surface area contributed by atoms with Crippen LogP contribution in [0.2, 0.25) is 5.02 Å². The smallest absolute Gasteiger partial charge is 0.270 e. The predicted octanol–water partition coefficient (Wildman–Crippen LogP) is 4.83. The fraction of sp³-hybridized carbons (Fsp3) is 0.158. The van der Waals surface area contributed by atoms with Crippen molar-refractivity contribution in [1.29, 1.82) is 5.26 Å². The van der Waals surface area contributed by atoms with Gasteiger partial charge in [-0.1, -0.05) is 23.7 Å². The van der Waals surface area contributed by atoms with Crippen LogP contribution in [0.3, 0.4) is 0 Å². The van der Waals surface area contributed by atoms with Crippen LogP contribution in [0.1, 0.15) is 29.8 Å². The van der Waals surface area contributed by atoms with Crippen molar-refractivity contribution in [3.63, 3.8) is 0 Å². The molecule has 0 atom stereocenters. The van der Waals surface area contributed by atoms with Crippen molar-refractivity contribution >= 4 is 29.1 Å². The fourth-order valence-corrected chi connectivity index (χ4v) is 2.39. The van der Waals surface area contributed by atoms with Crippen molar-refractivity contribution in [2.24, 2.45) is 0 Å². The Morgan fingerprint density at radius 1 is 1.31 bits per heavy atom. The Morgan fingerprint density at radius 2 is 2.04 bits per heavy atom. The van der Waals surface area contributed by atoms with Crippen molar-refractivity contribution in [1.82, 2.24) is 0 Å². The molecule has 0 aromatic heterocycles. The molecule has 6 nitrogen and oxygen atoms in total. The number of ketones is 1. The molecule has 7 heteroatoms. The molecule has 0 N–H and O–H groups in total. The van der Waals surface area contributed by atoms with Gasteiger partial charge in [-0.15, -0.1) is 0 Å². The Hall–Kier alpha value is -3.17. The summed E-state index contributed by atoms with van der Waals surface area (Å²) in [4.78, 5) is 22.9. The molecular weight excluding hydrogens is 356 g/mol. The molecule has 132 valence electrons. The predicted molar refractivity (Wildman–Crippen MR) is 98.2 cm³/mol. The van der Waals surface area contributed by atoms with E-state index in [0.717, 1.165) is 6.07 Å². The molecule has 0 aliphatic carbocycles. The number of nitriles is 1. The first-order valence-electron chi connectivity index (χ1n) is 7.69. The lowest BCUT2D eigenvalue weighted by Crippen LogP contribution is -2.07. The number of carbonyl (C=O) groups excluding carboxylic acids is 1. The van der Waals surface area contributed by atoms with Gasteiger partial charge in [-0.3, -0.25) is 14.9 Å². The Kier molecular flexibility index (Phi) is 6.10. The summed E-state index contributed by atoms with van der Waals surface area (Å²) in [7, 11) is 0. The van der Waals surface area contributed by atoms with Crippen molar-refractivity contribution in [2.45, 2.75) is 20.0 Å². The first-order chi connectivity index (χ1) is 12.3. The average molecular weight is 371 g/mol. The SMILES string of the molecule is CC(C)Oc1ccc(Cl)cc1/C=C(/C#N)C(=O)c1cccc([N+](=O)[O-])c1. The summed E-state index contributed by atoms with van der Waals surface area (Å²) in [6, 6.07) is 11.9. The summed E-state index contributed by atoms with van der Waals surface area (Å²) in [5.41, 5.74) is 0.128. The third kappa shape index (κ3) is 4.68. The minimum atomic E-state index is -0.619. The summed E-state index contributed by atoms with van der Waals surface area (Å²) in [5.74, 6) is -0.143. The van der Waals surface area contributed by atoms with Gasteiger partial charge in [-0.2, -0.15) is 5.26 Å². The largest absolute Gasteiger partial charge is 0.490 e. The van der Waals surface area contributed by atoms with Gasteiger partial charge in [0.15, 0.2) is 0 Å². The van der Waals surface area contributed by atoms with Gasteiger partial charge in [-0.05, 0) is 38.1 Å². The molecule has 0 aliphatic rings. The summed E-state index contributed by atoms with van der Waals surface area (Å²) in [6.45, 7) is 3.70. The molecule has 0 bridgehead atoms. The number of nitrogens with zero attached hydrogens (tertiary/aromatic N) is 2. The Balaban J connectivity index is 2.47. The monoisotopic (exact) mass is 370 g/mol. The maximum absolute atomic E-state index is 12.6. The minimum Gasteiger partial charge on any atom is -0.490 e. The molecule has 0 amide bonds. The van der Waals surface area contributed by atoms with Gasteiger partial charge in [0.2, 0.25) is 5.78 Å². The van der Waals surface area contributed by atoms with E-state index in [-0.39, 0.29) is 22.9 Å². The number of nitro groups is 1. The number of rotatable bonds is 6.